The first-order chi connectivity index (χ1) is 21.6. The number of hydrogen-bond acceptors (Lipinski definition) is 5. The fraction of sp³-hybridized carbons (Fsp3) is 0.389. The minimum Gasteiger partial charge on any atom is -0.465 e. The molecule has 45 heavy (non-hydrogen) atoms. The van der Waals surface area contributed by atoms with Crippen molar-refractivity contribution in [3.8, 4) is 11.1 Å². The van der Waals surface area contributed by atoms with E-state index in [9.17, 15) is 19.2 Å². The van der Waals surface area contributed by atoms with Crippen LogP contribution in [0.4, 0.5) is 0 Å². The Hall–Kier alpha value is -4.24. The van der Waals surface area contributed by atoms with Crippen molar-refractivity contribution >= 4 is 31.8 Å². The van der Waals surface area contributed by atoms with Gasteiger partial charge in [0.25, 0.3) is 0 Å². The highest BCUT2D eigenvalue weighted by Gasteiger charge is 2.46. The number of esters is 1. The van der Waals surface area contributed by atoms with Crippen LogP contribution in [0.25, 0.3) is 11.1 Å². The lowest BCUT2D eigenvalue weighted by atomic mass is 9.87. The first-order valence-electron chi connectivity index (χ1n) is 15.8. The molecule has 1 heterocycles. The molecule has 0 spiro atoms. The highest BCUT2D eigenvalue weighted by Crippen LogP contribution is 2.32. The third-order valence-corrected chi connectivity index (χ3v) is 11.7. The average Bonchev–Trinajstić information content (AvgIpc) is 3.39. The predicted molar refractivity (Wildman–Crippen MR) is 177 cm³/mol. The smallest absolute Gasteiger partial charge is 0.337 e. The van der Waals surface area contributed by atoms with Crippen molar-refractivity contribution in [3.63, 3.8) is 0 Å². The lowest BCUT2D eigenvalue weighted by Gasteiger charge is -2.32. The number of ether oxygens (including phenoxy) is 1. The van der Waals surface area contributed by atoms with Gasteiger partial charge in [-0.1, -0.05) is 80.7 Å². The number of nitrogens with one attached hydrogen (secondary N) is 2. The SMILES string of the molecule is CCC(=O)NC(Cc1ccc(-c2ccc(C(=O)OC)cc2)cc1)C(=O)N1C[Si](C)(C)CC1C(=O)NC1CCCc2ccccc21. The zero-order valence-electron chi connectivity index (χ0n) is 26.6. The van der Waals surface area contributed by atoms with Gasteiger partial charge in [-0.2, -0.15) is 0 Å². The Morgan fingerprint density at radius 1 is 0.956 bits per heavy atom. The van der Waals surface area contributed by atoms with E-state index in [1.165, 1.54) is 18.2 Å². The number of aryl methyl sites for hydroxylation is 1. The largest absolute Gasteiger partial charge is 0.465 e. The third-order valence-electron chi connectivity index (χ3n) is 8.98. The van der Waals surface area contributed by atoms with Crippen molar-refractivity contribution in [2.75, 3.05) is 13.3 Å². The summed E-state index contributed by atoms with van der Waals surface area (Å²) in [6, 6.07) is 22.6. The van der Waals surface area contributed by atoms with Crippen LogP contribution < -0.4 is 10.6 Å². The van der Waals surface area contributed by atoms with E-state index in [1.807, 2.05) is 48.5 Å². The summed E-state index contributed by atoms with van der Waals surface area (Å²) in [4.78, 5) is 54.2. The molecule has 0 saturated carbocycles. The van der Waals surface area contributed by atoms with Gasteiger partial charge in [-0.25, -0.2) is 4.79 Å². The number of carbonyl (C=O) groups excluding carboxylic acids is 4. The molecule has 3 amide bonds. The van der Waals surface area contributed by atoms with Gasteiger partial charge in [-0.15, -0.1) is 0 Å². The summed E-state index contributed by atoms with van der Waals surface area (Å²) in [5.74, 6) is -0.899. The van der Waals surface area contributed by atoms with E-state index < -0.39 is 20.2 Å². The van der Waals surface area contributed by atoms with E-state index in [-0.39, 0.29) is 36.2 Å². The molecule has 9 heteroatoms. The Morgan fingerprint density at radius 3 is 2.29 bits per heavy atom. The second-order valence-corrected chi connectivity index (χ2v) is 18.0. The molecule has 3 atom stereocenters. The quantitative estimate of drug-likeness (QED) is 0.250. The summed E-state index contributed by atoms with van der Waals surface area (Å²) in [6.45, 7) is 6.19. The van der Waals surface area contributed by atoms with Gasteiger partial charge in [-0.05, 0) is 65.3 Å². The monoisotopic (exact) mass is 625 g/mol. The highest BCUT2D eigenvalue weighted by atomic mass is 28.3. The van der Waals surface area contributed by atoms with Crippen molar-refractivity contribution in [3.05, 3.63) is 95.1 Å². The molecule has 0 aromatic heterocycles. The summed E-state index contributed by atoms with van der Waals surface area (Å²) in [5, 5.41) is 6.24. The van der Waals surface area contributed by atoms with Crippen LogP contribution >= 0.6 is 0 Å². The Bertz CT molecular complexity index is 1550. The number of amides is 3. The molecular formula is C36H43N3O5Si. The van der Waals surface area contributed by atoms with Crippen molar-refractivity contribution in [1.82, 2.24) is 15.5 Å². The average molecular weight is 626 g/mol. The lowest BCUT2D eigenvalue weighted by molar-refractivity contribution is -0.141. The number of rotatable bonds is 9. The summed E-state index contributed by atoms with van der Waals surface area (Å²) in [5.41, 5.74) is 5.73. The van der Waals surface area contributed by atoms with Crippen LogP contribution in [0.5, 0.6) is 0 Å². The van der Waals surface area contributed by atoms with Crippen LogP contribution in [0.3, 0.4) is 0 Å². The molecule has 8 nitrogen and oxygen atoms in total. The molecule has 5 rings (SSSR count). The van der Waals surface area contributed by atoms with Crippen molar-refractivity contribution in [1.29, 1.82) is 0 Å². The summed E-state index contributed by atoms with van der Waals surface area (Å²) in [6.07, 6.45) is 4.05. The van der Waals surface area contributed by atoms with Gasteiger partial charge in [0.1, 0.15) is 12.1 Å². The van der Waals surface area contributed by atoms with Gasteiger partial charge in [0.2, 0.25) is 17.7 Å². The van der Waals surface area contributed by atoms with Crippen molar-refractivity contribution in [2.45, 2.75) is 76.3 Å². The second-order valence-electron chi connectivity index (χ2n) is 12.9. The van der Waals surface area contributed by atoms with E-state index in [0.717, 1.165) is 36.0 Å². The summed E-state index contributed by atoms with van der Waals surface area (Å²) >= 11 is 0. The number of fused-ring (bicyclic) bond motifs is 1. The molecule has 1 saturated heterocycles. The van der Waals surface area contributed by atoms with E-state index in [2.05, 4.69) is 35.9 Å². The van der Waals surface area contributed by atoms with Crippen LogP contribution in [0, 0.1) is 0 Å². The molecule has 3 aromatic carbocycles. The molecule has 0 bridgehead atoms. The highest BCUT2D eigenvalue weighted by molar-refractivity contribution is 6.79. The van der Waals surface area contributed by atoms with Crippen LogP contribution in [0.15, 0.2) is 72.8 Å². The number of nitrogens with zero attached hydrogens (tertiary/aromatic N) is 1. The number of methoxy groups -OCH3 is 1. The van der Waals surface area contributed by atoms with Crippen LogP contribution in [0.1, 0.15) is 59.3 Å². The van der Waals surface area contributed by atoms with Crippen LogP contribution in [0.2, 0.25) is 19.1 Å². The van der Waals surface area contributed by atoms with Gasteiger partial charge in [-0.3, -0.25) is 14.4 Å². The zero-order chi connectivity index (χ0) is 32.1. The molecule has 2 aliphatic rings. The Labute approximate surface area is 266 Å². The first kappa shape index (κ1) is 32.2. The molecule has 1 aliphatic carbocycles. The maximum Gasteiger partial charge on any atom is 0.337 e. The van der Waals surface area contributed by atoms with E-state index in [0.29, 0.717) is 24.2 Å². The molecule has 2 N–H and O–H groups in total. The summed E-state index contributed by atoms with van der Waals surface area (Å²) < 4.78 is 4.78. The number of hydrogen-bond donors (Lipinski definition) is 2. The third kappa shape index (κ3) is 7.53. The minimum absolute atomic E-state index is 0.0597. The van der Waals surface area contributed by atoms with Crippen LogP contribution in [-0.2, 0) is 32.0 Å². The van der Waals surface area contributed by atoms with Crippen LogP contribution in [-0.4, -0.2) is 62.0 Å². The lowest BCUT2D eigenvalue weighted by Crippen LogP contribution is -2.54. The number of carbonyl (C=O) groups is 4. The molecular weight excluding hydrogens is 582 g/mol. The normalized spacial score (nSPS) is 19.2. The summed E-state index contributed by atoms with van der Waals surface area (Å²) in [7, 11) is -0.516. The Balaban J connectivity index is 1.33. The maximum atomic E-state index is 14.2. The topological polar surface area (TPSA) is 105 Å². The van der Waals surface area contributed by atoms with Crippen molar-refractivity contribution in [2.24, 2.45) is 0 Å². The molecule has 0 radical (unpaired) electrons. The van der Waals surface area contributed by atoms with E-state index in [1.54, 1.807) is 24.0 Å². The number of benzene rings is 3. The maximum absolute atomic E-state index is 14.2. The van der Waals surface area contributed by atoms with Gasteiger partial charge in [0, 0.05) is 19.0 Å². The Morgan fingerprint density at radius 2 is 1.62 bits per heavy atom. The predicted octanol–water partition coefficient (Wildman–Crippen LogP) is 5.23. The molecule has 1 fully saturated rings. The zero-order valence-corrected chi connectivity index (χ0v) is 27.6. The first-order valence-corrected chi connectivity index (χ1v) is 19.3. The molecule has 3 aromatic rings. The minimum atomic E-state index is -1.87. The molecule has 236 valence electrons. The fourth-order valence-electron chi connectivity index (χ4n) is 6.59. The van der Waals surface area contributed by atoms with E-state index in [4.69, 9.17) is 4.74 Å². The van der Waals surface area contributed by atoms with Gasteiger partial charge in [0.05, 0.1) is 26.8 Å². The van der Waals surface area contributed by atoms with Gasteiger partial charge < -0.3 is 20.3 Å². The van der Waals surface area contributed by atoms with Gasteiger partial charge in [0.15, 0.2) is 0 Å². The van der Waals surface area contributed by atoms with E-state index >= 15 is 0 Å². The fourth-order valence-corrected chi connectivity index (χ4v) is 9.47. The molecule has 3 unspecified atom stereocenters. The standard InChI is InChI=1S/C36H43N3O5Si/c1-5-33(40)37-31(21-24-13-15-25(16-14-24)26-17-19-28(20-18-26)36(43)44-2)35(42)39-23-45(3,4)22-32(39)34(41)38-30-12-8-10-27-9-6-7-11-29(27)30/h6-7,9,11,13-20,30-32H,5,8,10,12,21-23H2,1-4H3,(H,37,40)(H,38,41). The molecule has 1 aliphatic heterocycles. The Kier molecular flexibility index (Phi) is 9.87. The van der Waals surface area contributed by atoms with Crippen molar-refractivity contribution < 1.29 is 23.9 Å². The van der Waals surface area contributed by atoms with Gasteiger partial charge >= 0.3 is 5.97 Å². The second kappa shape index (κ2) is 13.8.